The van der Waals surface area contributed by atoms with Gasteiger partial charge >= 0.3 is 0 Å². The molecule has 1 aliphatic heterocycles. The van der Waals surface area contributed by atoms with Crippen molar-refractivity contribution in [3.05, 3.63) is 71.4 Å². The summed E-state index contributed by atoms with van der Waals surface area (Å²) in [5.74, 6) is 0.611. The zero-order chi connectivity index (χ0) is 21.8. The van der Waals surface area contributed by atoms with Gasteiger partial charge in [-0.3, -0.25) is 4.79 Å². The van der Waals surface area contributed by atoms with Gasteiger partial charge in [0, 0.05) is 38.4 Å². The van der Waals surface area contributed by atoms with Gasteiger partial charge < -0.3 is 19.9 Å². The van der Waals surface area contributed by atoms with Crippen LogP contribution in [0.5, 0.6) is 0 Å². The molecule has 4 rings (SSSR count). The molecule has 1 fully saturated rings. The second kappa shape index (κ2) is 9.37. The summed E-state index contributed by atoms with van der Waals surface area (Å²) in [6, 6.07) is 17.3. The molecule has 1 aromatic heterocycles. The standard InChI is InChI=1S/C24H25ClN4O2/c1-28(2)19-9-6-17(7-10-19)20-4-3-5-21(23(20)25)24(30)27-18-8-11-22(26-16-18)29-12-14-31-15-13-29/h3-11,16H,12-15H2,1-2H3,(H,27,30). The molecule has 1 aliphatic rings. The van der Waals surface area contributed by atoms with E-state index in [-0.39, 0.29) is 5.91 Å². The van der Waals surface area contributed by atoms with Crippen LogP contribution < -0.4 is 15.1 Å². The van der Waals surface area contributed by atoms with Gasteiger partial charge in [0.1, 0.15) is 5.82 Å². The molecule has 7 heteroatoms. The lowest BCUT2D eigenvalue weighted by molar-refractivity contribution is 0.102. The minimum atomic E-state index is -0.266. The predicted molar refractivity (Wildman–Crippen MR) is 126 cm³/mol. The van der Waals surface area contributed by atoms with E-state index in [4.69, 9.17) is 16.3 Å². The lowest BCUT2D eigenvalue weighted by atomic mass is 10.0. The van der Waals surface area contributed by atoms with Gasteiger partial charge in [-0.25, -0.2) is 4.98 Å². The normalized spacial score (nSPS) is 13.7. The zero-order valence-corrected chi connectivity index (χ0v) is 18.4. The first kappa shape index (κ1) is 21.2. The van der Waals surface area contributed by atoms with Crippen molar-refractivity contribution < 1.29 is 9.53 Å². The summed E-state index contributed by atoms with van der Waals surface area (Å²) in [4.78, 5) is 21.6. The monoisotopic (exact) mass is 436 g/mol. The molecule has 6 nitrogen and oxygen atoms in total. The number of morpholine rings is 1. The SMILES string of the molecule is CN(C)c1ccc(-c2cccc(C(=O)Nc3ccc(N4CCOCC4)nc3)c2Cl)cc1. The molecule has 1 saturated heterocycles. The Hall–Kier alpha value is -3.09. The van der Waals surface area contributed by atoms with Crippen molar-refractivity contribution in [1.29, 1.82) is 0 Å². The summed E-state index contributed by atoms with van der Waals surface area (Å²) in [5, 5.41) is 3.32. The van der Waals surface area contributed by atoms with Crippen molar-refractivity contribution in [2.24, 2.45) is 0 Å². The lowest BCUT2D eigenvalue weighted by Crippen LogP contribution is -2.36. The molecule has 31 heavy (non-hydrogen) atoms. The van der Waals surface area contributed by atoms with Gasteiger partial charge in [-0.05, 0) is 35.9 Å². The minimum absolute atomic E-state index is 0.266. The number of carbonyl (C=O) groups is 1. The van der Waals surface area contributed by atoms with Crippen LogP contribution in [-0.2, 0) is 4.74 Å². The quantitative estimate of drug-likeness (QED) is 0.635. The van der Waals surface area contributed by atoms with E-state index in [9.17, 15) is 4.79 Å². The Morgan fingerprint density at radius 3 is 2.45 bits per heavy atom. The van der Waals surface area contributed by atoms with Crippen molar-refractivity contribution >= 4 is 34.7 Å². The highest BCUT2D eigenvalue weighted by Crippen LogP contribution is 2.32. The fraction of sp³-hybridized carbons (Fsp3) is 0.250. The van der Waals surface area contributed by atoms with Crippen LogP contribution in [0.15, 0.2) is 60.8 Å². The topological polar surface area (TPSA) is 57.7 Å². The second-order valence-corrected chi connectivity index (χ2v) is 7.94. The number of hydrogen-bond acceptors (Lipinski definition) is 5. The molecule has 1 N–H and O–H groups in total. The Balaban J connectivity index is 1.50. The van der Waals surface area contributed by atoms with Crippen LogP contribution in [-0.4, -0.2) is 51.3 Å². The minimum Gasteiger partial charge on any atom is -0.378 e. The van der Waals surface area contributed by atoms with E-state index in [0.717, 1.165) is 35.7 Å². The average Bonchev–Trinajstić information content (AvgIpc) is 2.80. The van der Waals surface area contributed by atoms with E-state index in [1.807, 2.05) is 67.5 Å². The highest BCUT2D eigenvalue weighted by atomic mass is 35.5. The summed E-state index contributed by atoms with van der Waals surface area (Å²) in [7, 11) is 3.99. The largest absolute Gasteiger partial charge is 0.378 e. The van der Waals surface area contributed by atoms with Crippen LogP contribution in [0.4, 0.5) is 17.2 Å². The molecule has 0 spiro atoms. The molecule has 0 atom stereocenters. The van der Waals surface area contributed by atoms with Crippen LogP contribution in [0, 0.1) is 0 Å². The summed E-state index contributed by atoms with van der Waals surface area (Å²) >= 11 is 6.63. The molecule has 0 aliphatic carbocycles. The van der Waals surface area contributed by atoms with Gasteiger partial charge in [0.05, 0.1) is 35.7 Å². The van der Waals surface area contributed by atoms with Gasteiger partial charge in [-0.2, -0.15) is 0 Å². The van der Waals surface area contributed by atoms with E-state index >= 15 is 0 Å². The molecule has 0 saturated carbocycles. The van der Waals surface area contributed by atoms with Crippen LogP contribution in [0.3, 0.4) is 0 Å². The van der Waals surface area contributed by atoms with E-state index in [0.29, 0.717) is 29.5 Å². The lowest BCUT2D eigenvalue weighted by Gasteiger charge is -2.27. The summed E-state index contributed by atoms with van der Waals surface area (Å²) in [6.45, 7) is 3.03. The van der Waals surface area contributed by atoms with Crippen LogP contribution in [0.1, 0.15) is 10.4 Å². The van der Waals surface area contributed by atoms with E-state index < -0.39 is 0 Å². The fourth-order valence-corrected chi connectivity index (χ4v) is 3.83. The number of ether oxygens (including phenoxy) is 1. The number of pyridine rings is 1. The van der Waals surface area contributed by atoms with Crippen LogP contribution >= 0.6 is 11.6 Å². The Morgan fingerprint density at radius 1 is 1.06 bits per heavy atom. The van der Waals surface area contributed by atoms with E-state index in [1.54, 1.807) is 12.3 Å². The first-order valence-corrected chi connectivity index (χ1v) is 10.6. The highest BCUT2D eigenvalue weighted by Gasteiger charge is 2.16. The number of carbonyl (C=O) groups excluding carboxylic acids is 1. The number of nitrogens with zero attached hydrogens (tertiary/aromatic N) is 3. The third kappa shape index (κ3) is 4.81. The zero-order valence-electron chi connectivity index (χ0n) is 17.6. The number of anilines is 3. The molecule has 2 aromatic carbocycles. The third-order valence-corrected chi connectivity index (χ3v) is 5.69. The van der Waals surface area contributed by atoms with E-state index in [2.05, 4.69) is 15.2 Å². The van der Waals surface area contributed by atoms with Crippen LogP contribution in [0.2, 0.25) is 5.02 Å². The smallest absolute Gasteiger partial charge is 0.257 e. The number of amides is 1. The summed E-state index contributed by atoms with van der Waals surface area (Å²) < 4.78 is 5.37. The fourth-order valence-electron chi connectivity index (χ4n) is 3.51. The molecular weight excluding hydrogens is 412 g/mol. The third-order valence-electron chi connectivity index (χ3n) is 5.28. The Labute approximate surface area is 187 Å². The first-order valence-electron chi connectivity index (χ1n) is 10.2. The van der Waals surface area contributed by atoms with Crippen molar-refractivity contribution in [2.45, 2.75) is 0 Å². The maximum Gasteiger partial charge on any atom is 0.257 e. The molecule has 3 aromatic rings. The van der Waals surface area contributed by atoms with Gasteiger partial charge in [0.15, 0.2) is 0 Å². The average molecular weight is 437 g/mol. The molecular formula is C24H25ClN4O2. The summed E-state index contributed by atoms with van der Waals surface area (Å²) in [6.07, 6.45) is 1.67. The molecule has 160 valence electrons. The Bertz CT molecular complexity index is 1050. The van der Waals surface area contributed by atoms with Crippen LogP contribution in [0.25, 0.3) is 11.1 Å². The number of halogens is 1. The number of benzene rings is 2. The predicted octanol–water partition coefficient (Wildman–Crippen LogP) is 4.56. The maximum atomic E-state index is 12.9. The van der Waals surface area contributed by atoms with Gasteiger partial charge in [0.2, 0.25) is 0 Å². The Kier molecular flexibility index (Phi) is 6.39. The van der Waals surface area contributed by atoms with Crippen molar-refractivity contribution in [3.8, 4) is 11.1 Å². The molecule has 1 amide bonds. The molecule has 0 unspecified atom stereocenters. The van der Waals surface area contributed by atoms with Crippen molar-refractivity contribution in [1.82, 2.24) is 4.98 Å². The summed E-state index contributed by atoms with van der Waals surface area (Å²) in [5.41, 5.74) is 3.93. The second-order valence-electron chi connectivity index (χ2n) is 7.57. The van der Waals surface area contributed by atoms with Gasteiger partial charge in [-0.15, -0.1) is 0 Å². The Morgan fingerprint density at radius 2 is 1.81 bits per heavy atom. The number of rotatable bonds is 5. The molecule has 0 radical (unpaired) electrons. The van der Waals surface area contributed by atoms with Gasteiger partial charge in [0.25, 0.3) is 5.91 Å². The molecule has 2 heterocycles. The number of aromatic nitrogens is 1. The van der Waals surface area contributed by atoms with Gasteiger partial charge in [-0.1, -0.05) is 35.9 Å². The van der Waals surface area contributed by atoms with Crippen molar-refractivity contribution in [3.63, 3.8) is 0 Å². The number of nitrogens with one attached hydrogen (secondary N) is 1. The first-order chi connectivity index (χ1) is 15.0. The highest BCUT2D eigenvalue weighted by molar-refractivity contribution is 6.37. The van der Waals surface area contributed by atoms with Crippen molar-refractivity contribution in [2.75, 3.05) is 55.5 Å². The number of hydrogen-bond donors (Lipinski definition) is 1. The molecule has 0 bridgehead atoms. The maximum absolute atomic E-state index is 12.9. The van der Waals surface area contributed by atoms with E-state index in [1.165, 1.54) is 0 Å².